The minimum atomic E-state index is -0.912. The topological polar surface area (TPSA) is 86.6 Å². The van der Waals surface area contributed by atoms with Crippen LogP contribution in [0.4, 0.5) is 0 Å². The van der Waals surface area contributed by atoms with E-state index in [2.05, 4.69) is 39.9 Å². The largest absolute Gasteiger partial charge is 0.478 e. The third kappa shape index (κ3) is 4.10. The van der Waals surface area contributed by atoms with Crippen LogP contribution in [-0.4, -0.2) is 34.7 Å². The highest BCUT2D eigenvalue weighted by atomic mass is 16.4. The van der Waals surface area contributed by atoms with E-state index < -0.39 is 5.97 Å². The fraction of sp³-hybridized carbons (Fsp3) is 0.778. The predicted octanol–water partition coefficient (Wildman–Crippen LogP) is 7.26. The molecule has 0 aliphatic heterocycles. The second-order valence-electron chi connectivity index (χ2n) is 16.2. The number of hydrogen-bond acceptors (Lipinski definition) is 3. The number of carbonyl (C=O) groups is 2. The van der Waals surface area contributed by atoms with Crippen molar-refractivity contribution in [1.29, 1.82) is 0 Å². The second-order valence-corrected chi connectivity index (χ2v) is 16.2. The summed E-state index contributed by atoms with van der Waals surface area (Å²) in [7, 11) is 0. The quantitative estimate of drug-likeness (QED) is 0.352. The number of carboxylic acid groups (broad SMARTS) is 1. The van der Waals surface area contributed by atoms with Gasteiger partial charge < -0.3 is 15.5 Å². The average molecular weight is 564 g/mol. The Bertz CT molecular complexity index is 1210. The van der Waals surface area contributed by atoms with Crippen LogP contribution in [0.3, 0.4) is 0 Å². The van der Waals surface area contributed by atoms with Gasteiger partial charge in [0.1, 0.15) is 0 Å². The number of hydrogen-bond donors (Lipinski definition) is 3. The molecule has 5 aliphatic rings. The smallest absolute Gasteiger partial charge is 0.335 e. The predicted molar refractivity (Wildman–Crippen MR) is 161 cm³/mol. The maximum absolute atomic E-state index is 14.0. The monoisotopic (exact) mass is 563 g/mol. The zero-order chi connectivity index (χ0) is 29.4. The van der Waals surface area contributed by atoms with Crippen LogP contribution in [0.5, 0.6) is 0 Å². The van der Waals surface area contributed by atoms with Crippen molar-refractivity contribution >= 4 is 11.9 Å². The van der Waals surface area contributed by atoms with Crippen LogP contribution in [0.15, 0.2) is 24.3 Å². The number of benzene rings is 1. The third-order valence-corrected chi connectivity index (χ3v) is 14.7. The summed E-state index contributed by atoms with van der Waals surface area (Å²) >= 11 is 0. The summed E-state index contributed by atoms with van der Waals surface area (Å²) in [6, 6.07) is 7.07. The molecule has 5 aliphatic carbocycles. The van der Waals surface area contributed by atoms with E-state index in [0.29, 0.717) is 42.2 Å². The number of aromatic carboxylic acids is 1. The van der Waals surface area contributed by atoms with E-state index in [1.165, 1.54) is 32.1 Å². The molecule has 41 heavy (non-hydrogen) atoms. The molecular weight excluding hydrogens is 510 g/mol. The van der Waals surface area contributed by atoms with Gasteiger partial charge >= 0.3 is 5.97 Å². The molecule has 0 radical (unpaired) electrons. The van der Waals surface area contributed by atoms with Crippen LogP contribution in [0.1, 0.15) is 121 Å². The lowest BCUT2D eigenvalue weighted by molar-refractivity contribution is -0.244. The van der Waals surface area contributed by atoms with Gasteiger partial charge in [-0.25, -0.2) is 4.79 Å². The summed E-state index contributed by atoms with van der Waals surface area (Å²) in [5.41, 5.74) is 1.80. The first kappa shape index (κ1) is 29.2. The lowest BCUT2D eigenvalue weighted by atomic mass is 9.32. The number of rotatable bonds is 5. The molecule has 1 aromatic carbocycles. The Hall–Kier alpha value is -1.88. The lowest BCUT2D eigenvalue weighted by Crippen LogP contribution is -2.67. The zero-order valence-electron chi connectivity index (χ0n) is 26.1. The molecule has 9 atom stereocenters. The number of aliphatic hydroxyl groups is 1. The van der Waals surface area contributed by atoms with E-state index in [0.717, 1.165) is 44.1 Å². The van der Waals surface area contributed by atoms with Gasteiger partial charge in [0.2, 0.25) is 5.91 Å². The maximum Gasteiger partial charge on any atom is 0.335 e. The molecule has 8 unspecified atom stereocenters. The Morgan fingerprint density at radius 3 is 2.39 bits per heavy atom. The molecular formula is C36H53NO4. The summed E-state index contributed by atoms with van der Waals surface area (Å²) in [6.45, 7) is 13.0. The average Bonchev–Trinajstić information content (AvgIpc) is 3.37. The Morgan fingerprint density at radius 1 is 0.854 bits per heavy atom. The van der Waals surface area contributed by atoms with Crippen LogP contribution in [0.2, 0.25) is 0 Å². The van der Waals surface area contributed by atoms with E-state index in [4.69, 9.17) is 0 Å². The van der Waals surface area contributed by atoms with Crippen LogP contribution in [0.25, 0.3) is 0 Å². The molecule has 1 aromatic rings. The van der Waals surface area contributed by atoms with E-state index in [1.54, 1.807) is 18.2 Å². The Labute approximate surface area is 247 Å². The van der Waals surface area contributed by atoms with Gasteiger partial charge in [0.25, 0.3) is 0 Å². The van der Waals surface area contributed by atoms with Gasteiger partial charge in [-0.2, -0.15) is 0 Å². The SMILES string of the molecule is CC1(C)C(O)CCC2(C)C1CCC1(C)C2CCC2C3CCCC3(C(=O)NCCc3cccc(C(=O)O)c3)CC[C@]21C. The van der Waals surface area contributed by atoms with Crippen molar-refractivity contribution < 1.29 is 19.8 Å². The van der Waals surface area contributed by atoms with Crippen LogP contribution in [0, 0.1) is 50.7 Å². The van der Waals surface area contributed by atoms with Crippen molar-refractivity contribution in [3.63, 3.8) is 0 Å². The van der Waals surface area contributed by atoms with Gasteiger partial charge in [-0.3, -0.25) is 4.79 Å². The van der Waals surface area contributed by atoms with E-state index in [-0.39, 0.29) is 39.1 Å². The molecule has 226 valence electrons. The number of amides is 1. The van der Waals surface area contributed by atoms with Gasteiger partial charge in [-0.1, -0.05) is 53.2 Å². The molecule has 5 fully saturated rings. The first-order chi connectivity index (χ1) is 19.3. The first-order valence-electron chi connectivity index (χ1n) is 16.6. The summed E-state index contributed by atoms with van der Waals surface area (Å²) < 4.78 is 0. The third-order valence-electron chi connectivity index (χ3n) is 14.7. The summed E-state index contributed by atoms with van der Waals surface area (Å²) in [5.74, 6) is 1.66. The molecule has 5 heteroatoms. The van der Waals surface area contributed by atoms with Crippen molar-refractivity contribution in [2.75, 3.05) is 6.54 Å². The molecule has 0 heterocycles. The van der Waals surface area contributed by atoms with Crippen molar-refractivity contribution in [3.05, 3.63) is 35.4 Å². The number of fused-ring (bicyclic) bond motifs is 7. The Balaban J connectivity index is 1.20. The molecule has 6 rings (SSSR count). The van der Waals surface area contributed by atoms with Crippen molar-refractivity contribution in [2.24, 2.45) is 50.7 Å². The van der Waals surface area contributed by atoms with Crippen molar-refractivity contribution in [1.82, 2.24) is 5.32 Å². The molecule has 0 spiro atoms. The van der Waals surface area contributed by atoms with Crippen molar-refractivity contribution in [3.8, 4) is 0 Å². The summed E-state index contributed by atoms with van der Waals surface area (Å²) in [5, 5.41) is 23.6. The number of nitrogens with one attached hydrogen (secondary N) is 1. The van der Waals surface area contributed by atoms with Gasteiger partial charge in [0.15, 0.2) is 0 Å². The Morgan fingerprint density at radius 2 is 1.63 bits per heavy atom. The zero-order valence-corrected chi connectivity index (χ0v) is 26.1. The minimum Gasteiger partial charge on any atom is -0.478 e. The van der Waals surface area contributed by atoms with Gasteiger partial charge in [0, 0.05) is 6.54 Å². The highest BCUT2D eigenvalue weighted by Crippen LogP contribution is 2.76. The summed E-state index contributed by atoms with van der Waals surface area (Å²) in [4.78, 5) is 25.4. The lowest BCUT2D eigenvalue weighted by Gasteiger charge is -2.72. The molecule has 3 N–H and O–H groups in total. The normalized spacial score (nSPS) is 44.6. The molecule has 0 bridgehead atoms. The molecule has 1 amide bonds. The van der Waals surface area contributed by atoms with Crippen LogP contribution < -0.4 is 5.32 Å². The van der Waals surface area contributed by atoms with E-state index in [1.807, 2.05) is 6.07 Å². The second kappa shape index (κ2) is 9.82. The fourth-order valence-corrected chi connectivity index (χ4v) is 12.3. The van der Waals surface area contributed by atoms with Crippen LogP contribution in [-0.2, 0) is 11.2 Å². The fourth-order valence-electron chi connectivity index (χ4n) is 12.3. The number of carboxylic acids is 1. The van der Waals surface area contributed by atoms with Gasteiger partial charge in [-0.15, -0.1) is 0 Å². The first-order valence-corrected chi connectivity index (χ1v) is 16.6. The van der Waals surface area contributed by atoms with Gasteiger partial charge in [-0.05, 0) is 134 Å². The molecule has 5 nitrogen and oxygen atoms in total. The number of carbonyl (C=O) groups excluding carboxylic acids is 1. The van der Waals surface area contributed by atoms with E-state index >= 15 is 0 Å². The molecule has 0 aromatic heterocycles. The van der Waals surface area contributed by atoms with Crippen molar-refractivity contribution in [2.45, 2.75) is 118 Å². The minimum absolute atomic E-state index is 0.0215. The van der Waals surface area contributed by atoms with Crippen LogP contribution >= 0.6 is 0 Å². The molecule has 0 saturated heterocycles. The highest BCUT2D eigenvalue weighted by Gasteiger charge is 2.70. The van der Waals surface area contributed by atoms with Gasteiger partial charge in [0.05, 0.1) is 17.1 Å². The summed E-state index contributed by atoms with van der Waals surface area (Å²) in [6.07, 6.45) is 13.0. The Kier molecular flexibility index (Phi) is 7.00. The molecule has 5 saturated carbocycles. The number of aliphatic hydroxyl groups excluding tert-OH is 1. The standard InChI is InChI=1S/C36H53NO4/c1-32(2)27-13-18-35(5)28(33(27,3)17-14-29(32)38)12-11-25-26-10-7-16-36(26,20-19-34(25,35)4)31(41)37-21-15-23-8-6-9-24(22-23)30(39)40/h6,8-9,22,25-29,38H,7,10-21H2,1-5H3,(H,37,41)(H,39,40)/t25?,26?,27?,28?,29?,33?,34-,35?,36?/m1/s1. The highest BCUT2D eigenvalue weighted by molar-refractivity contribution is 5.87. The maximum atomic E-state index is 14.0. The van der Waals surface area contributed by atoms with E-state index in [9.17, 15) is 19.8 Å².